The number of nitro groups is 1. The number of carbonyl (C=O) groups excluding carboxylic acids is 1. The van der Waals surface area contributed by atoms with Crippen molar-refractivity contribution in [2.24, 2.45) is 10.2 Å². The maximum Gasteiger partial charge on any atom is 0.343 e. The van der Waals surface area contributed by atoms with Gasteiger partial charge in [-0.15, -0.1) is 0 Å². The van der Waals surface area contributed by atoms with Gasteiger partial charge in [0.2, 0.25) is 0 Å². The van der Waals surface area contributed by atoms with E-state index in [1.54, 1.807) is 24.3 Å². The Morgan fingerprint density at radius 1 is 0.771 bits per heavy atom. The highest BCUT2D eigenvalue weighted by Crippen LogP contribution is 2.24. The first kappa shape index (κ1) is 25.6. The lowest BCUT2D eigenvalue weighted by Crippen LogP contribution is -2.08. The molecule has 8 nitrogen and oxygen atoms in total. The fraction of sp³-hybridized carbons (Fsp3) is 0.296. The summed E-state index contributed by atoms with van der Waals surface area (Å²) in [7, 11) is 0. The van der Waals surface area contributed by atoms with Gasteiger partial charge in [0.25, 0.3) is 5.69 Å². The van der Waals surface area contributed by atoms with Crippen molar-refractivity contribution in [2.75, 3.05) is 6.61 Å². The molecule has 0 spiro atoms. The van der Waals surface area contributed by atoms with Crippen molar-refractivity contribution in [1.29, 1.82) is 0 Å². The average Bonchev–Trinajstić information content (AvgIpc) is 2.88. The molecule has 182 valence electrons. The Morgan fingerprint density at radius 2 is 1.31 bits per heavy atom. The van der Waals surface area contributed by atoms with E-state index in [2.05, 4.69) is 17.2 Å². The van der Waals surface area contributed by atoms with Crippen LogP contribution in [0.5, 0.6) is 11.5 Å². The minimum atomic E-state index is -0.604. The van der Waals surface area contributed by atoms with Crippen LogP contribution in [-0.2, 0) is 0 Å². The Bertz CT molecular complexity index is 1110. The second-order valence-corrected chi connectivity index (χ2v) is 8.00. The zero-order chi connectivity index (χ0) is 24.9. The Kier molecular flexibility index (Phi) is 9.92. The molecule has 0 aliphatic carbocycles. The Morgan fingerprint density at radius 3 is 1.89 bits per heavy atom. The molecule has 0 aliphatic rings. The van der Waals surface area contributed by atoms with Crippen molar-refractivity contribution in [1.82, 2.24) is 0 Å². The molecule has 0 heterocycles. The van der Waals surface area contributed by atoms with Crippen LogP contribution >= 0.6 is 0 Å². The Balaban J connectivity index is 1.45. The van der Waals surface area contributed by atoms with E-state index in [4.69, 9.17) is 9.47 Å². The normalized spacial score (nSPS) is 10.9. The predicted octanol–water partition coefficient (Wildman–Crippen LogP) is 7.97. The number of nitro benzene ring substituents is 1. The lowest BCUT2D eigenvalue weighted by atomic mass is 10.1. The topological polar surface area (TPSA) is 103 Å². The Hall–Kier alpha value is -4.07. The summed E-state index contributed by atoms with van der Waals surface area (Å²) in [6.45, 7) is 2.93. The molecule has 0 fully saturated rings. The second-order valence-electron chi connectivity index (χ2n) is 8.00. The minimum Gasteiger partial charge on any atom is -0.494 e. The molecule has 0 N–H and O–H groups in total. The molecule has 0 radical (unpaired) electrons. The lowest BCUT2D eigenvalue weighted by molar-refractivity contribution is -0.384. The second kappa shape index (κ2) is 13.6. The van der Waals surface area contributed by atoms with Crippen molar-refractivity contribution in [2.45, 2.75) is 45.4 Å². The summed E-state index contributed by atoms with van der Waals surface area (Å²) in [6, 6.07) is 19.3. The van der Waals surface area contributed by atoms with Crippen LogP contribution in [0.15, 0.2) is 83.0 Å². The molecule has 3 rings (SSSR count). The van der Waals surface area contributed by atoms with Crippen molar-refractivity contribution >= 4 is 23.0 Å². The van der Waals surface area contributed by atoms with E-state index in [1.165, 1.54) is 56.4 Å². The minimum absolute atomic E-state index is 0.0911. The summed E-state index contributed by atoms with van der Waals surface area (Å²) < 4.78 is 11.1. The first-order chi connectivity index (χ1) is 17.0. The van der Waals surface area contributed by atoms with Gasteiger partial charge in [0, 0.05) is 12.1 Å². The van der Waals surface area contributed by atoms with Gasteiger partial charge < -0.3 is 9.47 Å². The molecule has 0 saturated heterocycles. The van der Waals surface area contributed by atoms with Gasteiger partial charge in [0.05, 0.1) is 28.5 Å². The molecule has 3 aromatic carbocycles. The van der Waals surface area contributed by atoms with Gasteiger partial charge in [-0.1, -0.05) is 39.0 Å². The zero-order valence-corrected chi connectivity index (χ0v) is 19.8. The number of ether oxygens (including phenoxy) is 2. The zero-order valence-electron chi connectivity index (χ0n) is 19.8. The van der Waals surface area contributed by atoms with Crippen molar-refractivity contribution in [3.63, 3.8) is 0 Å². The highest BCUT2D eigenvalue weighted by Gasteiger charge is 2.11. The summed E-state index contributed by atoms with van der Waals surface area (Å²) in [5.74, 6) is 0.545. The van der Waals surface area contributed by atoms with Gasteiger partial charge in [0.1, 0.15) is 11.5 Å². The number of hydrogen-bond donors (Lipinski definition) is 0. The number of esters is 1. The van der Waals surface area contributed by atoms with Crippen LogP contribution in [0.1, 0.15) is 55.8 Å². The van der Waals surface area contributed by atoms with Crippen LogP contribution < -0.4 is 9.47 Å². The van der Waals surface area contributed by atoms with Crippen LogP contribution in [0.2, 0.25) is 0 Å². The van der Waals surface area contributed by atoms with E-state index in [0.29, 0.717) is 23.7 Å². The number of benzene rings is 3. The molecular formula is C27H29N3O5. The molecule has 8 heteroatoms. The number of nitrogens with zero attached hydrogens (tertiary/aromatic N) is 3. The molecule has 0 aliphatic heterocycles. The van der Waals surface area contributed by atoms with E-state index in [0.717, 1.165) is 12.2 Å². The maximum atomic E-state index is 12.2. The number of non-ortho nitro benzene ring substituents is 1. The number of rotatable bonds is 13. The highest BCUT2D eigenvalue weighted by molar-refractivity contribution is 5.91. The van der Waals surface area contributed by atoms with E-state index in [9.17, 15) is 14.9 Å². The van der Waals surface area contributed by atoms with Gasteiger partial charge in [0.15, 0.2) is 0 Å². The molecule has 0 bridgehead atoms. The third kappa shape index (κ3) is 8.66. The third-order valence-electron chi connectivity index (χ3n) is 5.25. The fourth-order valence-corrected chi connectivity index (χ4v) is 3.26. The first-order valence-corrected chi connectivity index (χ1v) is 11.8. The summed E-state index contributed by atoms with van der Waals surface area (Å²) in [5.41, 5.74) is 1.43. The predicted molar refractivity (Wildman–Crippen MR) is 134 cm³/mol. The summed E-state index contributed by atoms with van der Waals surface area (Å²) in [6.07, 6.45) is 7.38. The van der Waals surface area contributed by atoms with Crippen molar-refractivity contribution in [3.05, 3.63) is 88.5 Å². The molecule has 3 aromatic rings. The summed E-state index contributed by atoms with van der Waals surface area (Å²) >= 11 is 0. The highest BCUT2D eigenvalue weighted by atomic mass is 16.6. The molecule has 0 saturated carbocycles. The monoisotopic (exact) mass is 475 g/mol. The molecular weight excluding hydrogens is 446 g/mol. The largest absolute Gasteiger partial charge is 0.494 e. The van der Waals surface area contributed by atoms with E-state index in [-0.39, 0.29) is 11.3 Å². The van der Waals surface area contributed by atoms with Gasteiger partial charge in [-0.2, -0.15) is 10.2 Å². The molecule has 35 heavy (non-hydrogen) atoms. The van der Waals surface area contributed by atoms with Crippen LogP contribution in [0, 0.1) is 10.1 Å². The van der Waals surface area contributed by atoms with Crippen molar-refractivity contribution < 1.29 is 19.2 Å². The van der Waals surface area contributed by atoms with Crippen molar-refractivity contribution in [3.8, 4) is 11.5 Å². The van der Waals surface area contributed by atoms with Crippen LogP contribution in [0.3, 0.4) is 0 Å². The summed E-state index contributed by atoms with van der Waals surface area (Å²) in [4.78, 5) is 22.4. The fourth-order valence-electron chi connectivity index (χ4n) is 3.26. The molecule has 0 aromatic heterocycles. The first-order valence-electron chi connectivity index (χ1n) is 11.8. The van der Waals surface area contributed by atoms with E-state index >= 15 is 0 Å². The average molecular weight is 476 g/mol. The SMILES string of the molecule is CCCCCCCCOc1ccc(N=Nc2ccc(OC(=O)c3ccc([N+](=O)[O-])cc3)cc2)cc1. The van der Waals surface area contributed by atoms with Crippen LogP contribution in [0.25, 0.3) is 0 Å². The van der Waals surface area contributed by atoms with E-state index < -0.39 is 10.9 Å². The summed E-state index contributed by atoms with van der Waals surface area (Å²) in [5, 5.41) is 19.1. The van der Waals surface area contributed by atoms with Gasteiger partial charge in [-0.3, -0.25) is 10.1 Å². The number of hydrogen-bond acceptors (Lipinski definition) is 7. The lowest BCUT2D eigenvalue weighted by Gasteiger charge is -2.06. The van der Waals surface area contributed by atoms with Gasteiger partial charge in [-0.25, -0.2) is 4.79 Å². The Labute approximate surface area is 204 Å². The van der Waals surface area contributed by atoms with Crippen LogP contribution in [0.4, 0.5) is 17.1 Å². The van der Waals surface area contributed by atoms with Crippen LogP contribution in [-0.4, -0.2) is 17.5 Å². The number of unbranched alkanes of at least 4 members (excludes halogenated alkanes) is 5. The number of azo groups is 1. The third-order valence-corrected chi connectivity index (χ3v) is 5.25. The molecule has 0 amide bonds. The quantitative estimate of drug-likeness (QED) is 0.0622. The standard InChI is InChI=1S/C27H29N3O5/c1-2-3-4-5-6-7-20-34-25-16-10-22(11-17-25)28-29-23-12-18-26(19-13-23)35-27(31)21-8-14-24(15-9-21)30(32)33/h8-19H,2-7,20H2,1H3. The van der Waals surface area contributed by atoms with E-state index in [1.807, 2.05) is 24.3 Å². The smallest absolute Gasteiger partial charge is 0.343 e. The van der Waals surface area contributed by atoms with Gasteiger partial charge in [-0.05, 0) is 67.1 Å². The maximum absolute atomic E-state index is 12.2. The number of carbonyl (C=O) groups is 1. The molecule has 0 atom stereocenters. The molecule has 0 unspecified atom stereocenters. The van der Waals surface area contributed by atoms with Gasteiger partial charge >= 0.3 is 5.97 Å².